The molecule has 126 valence electrons. The molecular weight excluding hydrogens is 306 g/mol. The van der Waals surface area contributed by atoms with Gasteiger partial charge in [-0.3, -0.25) is 9.89 Å². The van der Waals surface area contributed by atoms with Gasteiger partial charge in [-0.1, -0.05) is 12.1 Å². The van der Waals surface area contributed by atoms with E-state index in [1.165, 1.54) is 6.92 Å². The van der Waals surface area contributed by atoms with Gasteiger partial charge in [-0.2, -0.15) is 5.10 Å². The summed E-state index contributed by atoms with van der Waals surface area (Å²) in [5.74, 6) is -0.104. The van der Waals surface area contributed by atoms with Crippen LogP contribution < -0.4 is 10.6 Å². The Morgan fingerprint density at radius 1 is 1.33 bits per heavy atom. The number of hydrogen-bond acceptors (Lipinski definition) is 3. The molecule has 0 unspecified atom stereocenters. The highest BCUT2D eigenvalue weighted by Crippen LogP contribution is 2.34. The maximum atomic E-state index is 12.0. The molecule has 2 aromatic rings. The van der Waals surface area contributed by atoms with Crippen molar-refractivity contribution in [3.8, 4) is 11.3 Å². The van der Waals surface area contributed by atoms with Crippen molar-refractivity contribution in [2.24, 2.45) is 0 Å². The summed E-state index contributed by atoms with van der Waals surface area (Å²) in [5.41, 5.74) is 5.55. The van der Waals surface area contributed by atoms with E-state index in [2.05, 4.69) is 20.8 Å². The van der Waals surface area contributed by atoms with Gasteiger partial charge in [0.25, 0.3) is 0 Å². The van der Waals surface area contributed by atoms with Crippen LogP contribution in [0.3, 0.4) is 0 Å². The standard InChI is InChI=1S/C17H21N5O2/c1-4-18-17(24)22-8-13-15(9-22)20-21-16(13)12-6-5-7-14(10(12)2)19-11(3)23/h5-7H,4,8-9H2,1-3H3,(H,18,24)(H,19,23)(H,20,21). The molecule has 2 heterocycles. The molecule has 7 nitrogen and oxygen atoms in total. The van der Waals surface area contributed by atoms with Gasteiger partial charge in [-0.15, -0.1) is 0 Å². The fraction of sp³-hybridized carbons (Fsp3) is 0.353. The number of nitrogens with one attached hydrogen (secondary N) is 3. The van der Waals surface area contributed by atoms with Gasteiger partial charge in [0.05, 0.1) is 24.5 Å². The van der Waals surface area contributed by atoms with Crippen LogP contribution in [-0.2, 0) is 17.9 Å². The van der Waals surface area contributed by atoms with Gasteiger partial charge < -0.3 is 15.5 Å². The Morgan fingerprint density at radius 3 is 2.83 bits per heavy atom. The van der Waals surface area contributed by atoms with Crippen LogP contribution in [0.25, 0.3) is 11.3 Å². The Labute approximate surface area is 140 Å². The summed E-state index contributed by atoms with van der Waals surface area (Å²) < 4.78 is 0. The molecule has 0 spiro atoms. The Bertz CT molecular complexity index is 796. The minimum absolute atomic E-state index is 0.0785. The van der Waals surface area contributed by atoms with Crippen LogP contribution in [0.1, 0.15) is 30.7 Å². The molecule has 1 aromatic carbocycles. The molecule has 0 atom stereocenters. The highest BCUT2D eigenvalue weighted by atomic mass is 16.2. The molecule has 24 heavy (non-hydrogen) atoms. The molecule has 7 heteroatoms. The fourth-order valence-corrected chi connectivity index (χ4v) is 2.99. The maximum absolute atomic E-state index is 12.0. The van der Waals surface area contributed by atoms with E-state index in [0.717, 1.165) is 33.8 Å². The van der Waals surface area contributed by atoms with Crippen molar-refractivity contribution in [3.05, 3.63) is 35.0 Å². The molecular formula is C17H21N5O2. The second-order valence-corrected chi connectivity index (χ2v) is 5.87. The predicted octanol–water partition coefficient (Wildman–Crippen LogP) is 2.39. The van der Waals surface area contributed by atoms with E-state index in [-0.39, 0.29) is 11.9 Å². The average molecular weight is 327 g/mol. The Balaban J connectivity index is 1.92. The van der Waals surface area contributed by atoms with Crippen LogP contribution in [-0.4, -0.2) is 33.6 Å². The second-order valence-electron chi connectivity index (χ2n) is 5.87. The van der Waals surface area contributed by atoms with Crippen LogP contribution in [0.4, 0.5) is 10.5 Å². The van der Waals surface area contributed by atoms with Crippen molar-refractivity contribution in [1.82, 2.24) is 20.4 Å². The minimum atomic E-state index is -0.104. The van der Waals surface area contributed by atoms with E-state index in [0.29, 0.717) is 19.6 Å². The summed E-state index contributed by atoms with van der Waals surface area (Å²) in [7, 11) is 0. The number of urea groups is 1. The summed E-state index contributed by atoms with van der Waals surface area (Å²) >= 11 is 0. The quantitative estimate of drug-likeness (QED) is 0.808. The van der Waals surface area contributed by atoms with E-state index in [9.17, 15) is 9.59 Å². The summed E-state index contributed by atoms with van der Waals surface area (Å²) in [5, 5.41) is 13.1. The third-order valence-corrected chi connectivity index (χ3v) is 4.17. The number of carbonyl (C=O) groups excluding carboxylic acids is 2. The first-order chi connectivity index (χ1) is 11.5. The molecule has 1 aliphatic rings. The lowest BCUT2D eigenvalue weighted by Gasteiger charge is -2.16. The van der Waals surface area contributed by atoms with E-state index in [1.54, 1.807) is 4.90 Å². The van der Waals surface area contributed by atoms with Crippen molar-refractivity contribution < 1.29 is 9.59 Å². The number of rotatable bonds is 3. The molecule has 3 N–H and O–H groups in total. The van der Waals surface area contributed by atoms with Crippen LogP contribution >= 0.6 is 0 Å². The number of nitrogens with zero attached hydrogens (tertiary/aromatic N) is 2. The van der Waals surface area contributed by atoms with Crippen molar-refractivity contribution in [1.29, 1.82) is 0 Å². The average Bonchev–Trinajstić information content (AvgIpc) is 3.10. The fourth-order valence-electron chi connectivity index (χ4n) is 2.99. The third kappa shape index (κ3) is 2.84. The van der Waals surface area contributed by atoms with E-state index in [1.807, 2.05) is 32.0 Å². The molecule has 3 rings (SSSR count). The number of hydrogen-bond donors (Lipinski definition) is 3. The lowest BCUT2D eigenvalue weighted by atomic mass is 10.0. The molecule has 3 amide bonds. The highest BCUT2D eigenvalue weighted by molar-refractivity contribution is 5.91. The smallest absolute Gasteiger partial charge is 0.318 e. The summed E-state index contributed by atoms with van der Waals surface area (Å²) in [4.78, 5) is 25.1. The summed E-state index contributed by atoms with van der Waals surface area (Å²) in [6.45, 7) is 6.98. The zero-order chi connectivity index (χ0) is 17.3. The zero-order valence-electron chi connectivity index (χ0n) is 14.1. The van der Waals surface area contributed by atoms with Crippen LogP contribution in [0.5, 0.6) is 0 Å². The predicted molar refractivity (Wildman–Crippen MR) is 91.4 cm³/mol. The number of fused-ring (bicyclic) bond motifs is 1. The van der Waals surface area contributed by atoms with Gasteiger partial charge in [0.1, 0.15) is 0 Å². The van der Waals surface area contributed by atoms with Crippen molar-refractivity contribution in [3.63, 3.8) is 0 Å². The summed E-state index contributed by atoms with van der Waals surface area (Å²) in [6, 6.07) is 5.68. The van der Waals surface area contributed by atoms with Crippen LogP contribution in [0.15, 0.2) is 18.2 Å². The highest BCUT2D eigenvalue weighted by Gasteiger charge is 2.29. The van der Waals surface area contributed by atoms with Crippen LogP contribution in [0, 0.1) is 6.92 Å². The van der Waals surface area contributed by atoms with Crippen molar-refractivity contribution >= 4 is 17.6 Å². The van der Waals surface area contributed by atoms with E-state index < -0.39 is 0 Å². The molecule has 1 aliphatic heterocycles. The Morgan fingerprint density at radius 2 is 2.12 bits per heavy atom. The monoisotopic (exact) mass is 327 g/mol. The maximum Gasteiger partial charge on any atom is 0.318 e. The summed E-state index contributed by atoms with van der Waals surface area (Å²) in [6.07, 6.45) is 0. The number of aromatic nitrogens is 2. The molecule has 0 bridgehead atoms. The second kappa shape index (κ2) is 6.35. The molecule has 0 aliphatic carbocycles. The molecule has 1 aromatic heterocycles. The van der Waals surface area contributed by atoms with E-state index in [4.69, 9.17) is 0 Å². The van der Waals surface area contributed by atoms with Gasteiger partial charge >= 0.3 is 6.03 Å². The number of benzene rings is 1. The van der Waals surface area contributed by atoms with Gasteiger partial charge in [0.2, 0.25) is 5.91 Å². The number of H-pyrrole nitrogens is 1. The first kappa shape index (κ1) is 16.0. The SMILES string of the molecule is CCNC(=O)N1Cc2n[nH]c(-c3cccc(NC(C)=O)c3C)c2C1. The van der Waals surface area contributed by atoms with Gasteiger partial charge in [0, 0.05) is 30.3 Å². The van der Waals surface area contributed by atoms with Gasteiger partial charge in [-0.25, -0.2) is 4.79 Å². The molecule has 0 saturated heterocycles. The molecule has 0 radical (unpaired) electrons. The Hall–Kier alpha value is -2.83. The van der Waals surface area contributed by atoms with Gasteiger partial charge in [-0.05, 0) is 25.5 Å². The van der Waals surface area contributed by atoms with Crippen molar-refractivity contribution in [2.45, 2.75) is 33.9 Å². The minimum Gasteiger partial charge on any atom is -0.338 e. The largest absolute Gasteiger partial charge is 0.338 e. The Kier molecular flexibility index (Phi) is 4.24. The lowest BCUT2D eigenvalue weighted by molar-refractivity contribution is -0.114. The zero-order valence-corrected chi connectivity index (χ0v) is 14.1. The van der Waals surface area contributed by atoms with Crippen LogP contribution in [0.2, 0.25) is 0 Å². The number of anilines is 1. The number of aromatic amines is 1. The number of amides is 3. The first-order valence-corrected chi connectivity index (χ1v) is 7.97. The lowest BCUT2D eigenvalue weighted by Crippen LogP contribution is -2.36. The third-order valence-electron chi connectivity index (χ3n) is 4.17. The normalized spacial score (nSPS) is 12.9. The van der Waals surface area contributed by atoms with E-state index >= 15 is 0 Å². The van der Waals surface area contributed by atoms with Crippen molar-refractivity contribution in [2.75, 3.05) is 11.9 Å². The molecule has 0 fully saturated rings. The molecule has 0 saturated carbocycles. The topological polar surface area (TPSA) is 90.1 Å². The number of carbonyl (C=O) groups is 2. The first-order valence-electron chi connectivity index (χ1n) is 7.97. The van der Waals surface area contributed by atoms with Gasteiger partial charge in [0.15, 0.2) is 0 Å².